The maximum Gasteiger partial charge on any atom is 0.222 e. The van der Waals surface area contributed by atoms with Crippen molar-refractivity contribution in [2.45, 2.75) is 44.6 Å². The molecule has 0 atom stereocenters. The van der Waals surface area contributed by atoms with Gasteiger partial charge in [-0.1, -0.05) is 31.0 Å². The highest BCUT2D eigenvalue weighted by Crippen LogP contribution is 2.24. The van der Waals surface area contributed by atoms with Crippen LogP contribution in [0.5, 0.6) is 0 Å². The van der Waals surface area contributed by atoms with Gasteiger partial charge in [-0.15, -0.1) is 24.8 Å². The van der Waals surface area contributed by atoms with Crippen LogP contribution < -0.4 is 5.73 Å². The molecule has 0 spiro atoms. The standard InChI is InChI=1S/C18H27N3O.2ClH/c19-17-8-4-1-5-15(17)9-10-18(22)21-13-11-20(12-14-21)16-6-2-3-7-16;;/h1,4-5,8,16H,2-3,6-7,9-14,19H2;2*1H. The van der Waals surface area contributed by atoms with Crippen LogP contribution >= 0.6 is 24.8 Å². The summed E-state index contributed by atoms with van der Waals surface area (Å²) in [6.45, 7) is 3.87. The molecule has 1 aromatic rings. The summed E-state index contributed by atoms with van der Waals surface area (Å²) in [6, 6.07) is 8.61. The Bertz CT molecular complexity index is 513. The van der Waals surface area contributed by atoms with E-state index < -0.39 is 0 Å². The first-order valence-electron chi connectivity index (χ1n) is 8.59. The summed E-state index contributed by atoms with van der Waals surface area (Å²) < 4.78 is 0. The maximum absolute atomic E-state index is 12.4. The van der Waals surface area contributed by atoms with E-state index in [1.807, 2.05) is 29.2 Å². The molecule has 0 bridgehead atoms. The minimum Gasteiger partial charge on any atom is -0.399 e. The van der Waals surface area contributed by atoms with E-state index in [2.05, 4.69) is 4.90 Å². The number of aryl methyl sites for hydroxylation is 1. The number of carbonyl (C=O) groups is 1. The number of para-hydroxylation sites is 1. The van der Waals surface area contributed by atoms with Gasteiger partial charge in [0.15, 0.2) is 0 Å². The van der Waals surface area contributed by atoms with Crippen molar-refractivity contribution >= 4 is 36.4 Å². The maximum atomic E-state index is 12.4. The van der Waals surface area contributed by atoms with E-state index >= 15 is 0 Å². The van der Waals surface area contributed by atoms with Gasteiger partial charge < -0.3 is 10.6 Å². The summed E-state index contributed by atoms with van der Waals surface area (Å²) in [4.78, 5) is 17.0. The summed E-state index contributed by atoms with van der Waals surface area (Å²) in [6.07, 6.45) is 6.76. The van der Waals surface area contributed by atoms with Gasteiger partial charge in [0.2, 0.25) is 5.91 Å². The van der Waals surface area contributed by atoms with Gasteiger partial charge in [-0.25, -0.2) is 0 Å². The molecule has 0 unspecified atom stereocenters. The van der Waals surface area contributed by atoms with Gasteiger partial charge in [0.05, 0.1) is 0 Å². The molecule has 0 aromatic heterocycles. The zero-order valence-corrected chi connectivity index (χ0v) is 15.8. The number of piperazine rings is 1. The molecule has 136 valence electrons. The SMILES string of the molecule is Cl.Cl.Nc1ccccc1CCC(=O)N1CCN(C2CCCC2)CC1. The van der Waals surface area contributed by atoms with Gasteiger partial charge >= 0.3 is 0 Å². The minimum absolute atomic E-state index is 0. The second kappa shape index (κ2) is 10.1. The normalized spacial score (nSPS) is 18.8. The lowest BCUT2D eigenvalue weighted by Crippen LogP contribution is -2.51. The fourth-order valence-electron chi connectivity index (χ4n) is 3.77. The average Bonchev–Trinajstić information content (AvgIpc) is 3.08. The van der Waals surface area contributed by atoms with Gasteiger partial charge in [0.25, 0.3) is 0 Å². The van der Waals surface area contributed by atoms with Crippen molar-refractivity contribution in [2.75, 3.05) is 31.9 Å². The Morgan fingerprint density at radius 2 is 1.67 bits per heavy atom. The Morgan fingerprint density at radius 3 is 2.29 bits per heavy atom. The molecule has 3 rings (SSSR count). The number of nitrogen functional groups attached to an aromatic ring is 1. The average molecular weight is 374 g/mol. The van der Waals surface area contributed by atoms with Crippen LogP contribution in [0.4, 0.5) is 5.69 Å². The molecule has 24 heavy (non-hydrogen) atoms. The predicted octanol–water partition coefficient (Wildman–Crippen LogP) is 3.13. The monoisotopic (exact) mass is 373 g/mol. The quantitative estimate of drug-likeness (QED) is 0.824. The minimum atomic E-state index is 0. The highest BCUT2D eigenvalue weighted by Gasteiger charge is 2.27. The molecule has 1 saturated carbocycles. The van der Waals surface area contributed by atoms with Crippen molar-refractivity contribution < 1.29 is 4.79 Å². The number of benzene rings is 1. The van der Waals surface area contributed by atoms with E-state index in [0.29, 0.717) is 6.42 Å². The zero-order chi connectivity index (χ0) is 15.4. The Kier molecular flexibility index (Phi) is 8.88. The lowest BCUT2D eigenvalue weighted by atomic mass is 10.1. The number of amides is 1. The molecule has 0 radical (unpaired) electrons. The van der Waals surface area contributed by atoms with Crippen LogP contribution in [0, 0.1) is 0 Å². The molecule has 6 heteroatoms. The Morgan fingerprint density at radius 1 is 1.04 bits per heavy atom. The van der Waals surface area contributed by atoms with E-state index in [1.165, 1.54) is 25.7 Å². The van der Waals surface area contributed by atoms with E-state index in [1.54, 1.807) is 0 Å². The number of nitrogens with zero attached hydrogens (tertiary/aromatic N) is 2. The van der Waals surface area contributed by atoms with Crippen molar-refractivity contribution in [3.05, 3.63) is 29.8 Å². The van der Waals surface area contributed by atoms with Crippen LogP contribution in [-0.2, 0) is 11.2 Å². The van der Waals surface area contributed by atoms with Gasteiger partial charge in [-0.3, -0.25) is 9.69 Å². The van der Waals surface area contributed by atoms with E-state index in [-0.39, 0.29) is 30.7 Å². The number of anilines is 1. The molecule has 1 heterocycles. The molecule has 2 N–H and O–H groups in total. The lowest BCUT2D eigenvalue weighted by molar-refractivity contribution is -0.133. The second-order valence-electron chi connectivity index (χ2n) is 6.55. The van der Waals surface area contributed by atoms with Gasteiger partial charge in [-0.2, -0.15) is 0 Å². The van der Waals surface area contributed by atoms with Crippen LogP contribution in [0.25, 0.3) is 0 Å². The van der Waals surface area contributed by atoms with Gasteiger partial charge in [0.1, 0.15) is 0 Å². The lowest BCUT2D eigenvalue weighted by Gasteiger charge is -2.38. The second-order valence-corrected chi connectivity index (χ2v) is 6.55. The number of nitrogens with two attached hydrogens (primary N) is 1. The van der Waals surface area contributed by atoms with Crippen LogP contribution in [0.15, 0.2) is 24.3 Å². The Balaban J connectivity index is 0.00000144. The number of halogens is 2. The van der Waals surface area contributed by atoms with Crippen molar-refractivity contribution in [3.63, 3.8) is 0 Å². The highest BCUT2D eigenvalue weighted by molar-refractivity contribution is 5.85. The summed E-state index contributed by atoms with van der Waals surface area (Å²) in [5, 5.41) is 0. The molecule has 4 nitrogen and oxygen atoms in total. The molecule has 1 saturated heterocycles. The van der Waals surface area contributed by atoms with Crippen molar-refractivity contribution in [2.24, 2.45) is 0 Å². The number of carbonyl (C=O) groups excluding carboxylic acids is 1. The summed E-state index contributed by atoms with van der Waals surface area (Å²) >= 11 is 0. The third kappa shape index (κ3) is 5.27. The first kappa shape index (κ1) is 21.1. The molecule has 1 aliphatic heterocycles. The first-order valence-corrected chi connectivity index (χ1v) is 8.59. The fraction of sp³-hybridized carbons (Fsp3) is 0.611. The molecule has 1 aliphatic carbocycles. The fourth-order valence-corrected chi connectivity index (χ4v) is 3.77. The van der Waals surface area contributed by atoms with Crippen molar-refractivity contribution in [3.8, 4) is 0 Å². The first-order chi connectivity index (χ1) is 10.7. The molecule has 1 aromatic carbocycles. The Labute approximate surface area is 157 Å². The summed E-state index contributed by atoms with van der Waals surface area (Å²) in [7, 11) is 0. The third-order valence-corrected chi connectivity index (χ3v) is 5.17. The van der Waals surface area contributed by atoms with Crippen LogP contribution in [-0.4, -0.2) is 47.9 Å². The molecule has 2 fully saturated rings. The number of hydrogen-bond donors (Lipinski definition) is 1. The van der Waals surface area contributed by atoms with Gasteiger partial charge in [0, 0.05) is 44.3 Å². The predicted molar refractivity (Wildman–Crippen MR) is 104 cm³/mol. The summed E-state index contributed by atoms with van der Waals surface area (Å²) in [5.74, 6) is 0.273. The van der Waals surface area contributed by atoms with E-state index in [4.69, 9.17) is 5.73 Å². The van der Waals surface area contributed by atoms with Crippen LogP contribution in [0.3, 0.4) is 0 Å². The summed E-state index contributed by atoms with van der Waals surface area (Å²) in [5.41, 5.74) is 7.82. The topological polar surface area (TPSA) is 49.6 Å². The molecular weight excluding hydrogens is 345 g/mol. The van der Waals surface area contributed by atoms with Crippen LogP contribution in [0.2, 0.25) is 0 Å². The van der Waals surface area contributed by atoms with Crippen molar-refractivity contribution in [1.82, 2.24) is 9.80 Å². The molecule has 1 amide bonds. The largest absolute Gasteiger partial charge is 0.399 e. The smallest absolute Gasteiger partial charge is 0.222 e. The highest BCUT2D eigenvalue weighted by atomic mass is 35.5. The van der Waals surface area contributed by atoms with E-state index in [0.717, 1.165) is 49.9 Å². The van der Waals surface area contributed by atoms with E-state index in [9.17, 15) is 4.79 Å². The third-order valence-electron chi connectivity index (χ3n) is 5.17. The zero-order valence-electron chi connectivity index (χ0n) is 14.2. The molecular formula is C18H29Cl2N3O. The van der Waals surface area contributed by atoms with Gasteiger partial charge in [-0.05, 0) is 30.9 Å². The van der Waals surface area contributed by atoms with Crippen LogP contribution in [0.1, 0.15) is 37.7 Å². The number of hydrogen-bond acceptors (Lipinski definition) is 3. The Hall–Kier alpha value is -0.970. The number of rotatable bonds is 4. The molecule has 2 aliphatic rings. The van der Waals surface area contributed by atoms with Crippen molar-refractivity contribution in [1.29, 1.82) is 0 Å².